The van der Waals surface area contributed by atoms with Crippen LogP contribution in [0.4, 0.5) is 24.5 Å². The van der Waals surface area contributed by atoms with Gasteiger partial charge in [-0.2, -0.15) is 13.2 Å². The first-order chi connectivity index (χ1) is 13.0. The van der Waals surface area contributed by atoms with Crippen molar-refractivity contribution in [1.29, 1.82) is 0 Å². The van der Waals surface area contributed by atoms with Gasteiger partial charge in [-0.25, -0.2) is 8.42 Å². The number of amides is 1. The molecule has 1 aliphatic rings. The molecule has 2 aromatic carbocycles. The predicted molar refractivity (Wildman–Crippen MR) is 100 cm³/mol. The third kappa shape index (κ3) is 4.10. The number of anilines is 2. The molecule has 0 unspecified atom stereocenters. The highest BCUT2D eigenvalue weighted by Gasteiger charge is 2.35. The molecule has 0 atom stereocenters. The minimum Gasteiger partial charge on any atom is -0.312 e. The number of halogens is 4. The van der Waals surface area contributed by atoms with E-state index in [9.17, 15) is 26.4 Å². The van der Waals surface area contributed by atoms with Gasteiger partial charge in [-0.1, -0.05) is 11.6 Å². The summed E-state index contributed by atoms with van der Waals surface area (Å²) in [7, 11) is -4.28. The molecule has 28 heavy (non-hydrogen) atoms. The summed E-state index contributed by atoms with van der Waals surface area (Å²) in [6, 6.07) is 6.87. The van der Waals surface area contributed by atoms with Gasteiger partial charge < -0.3 is 4.90 Å². The van der Waals surface area contributed by atoms with Crippen LogP contribution in [0.5, 0.6) is 0 Å². The van der Waals surface area contributed by atoms with E-state index in [1.165, 1.54) is 24.3 Å². The van der Waals surface area contributed by atoms with Crippen molar-refractivity contribution in [3.63, 3.8) is 0 Å². The van der Waals surface area contributed by atoms with Gasteiger partial charge in [0.2, 0.25) is 5.91 Å². The van der Waals surface area contributed by atoms with Crippen molar-refractivity contribution in [3.8, 4) is 0 Å². The molecule has 150 valence electrons. The molecule has 1 amide bonds. The van der Waals surface area contributed by atoms with E-state index in [0.29, 0.717) is 30.3 Å². The molecule has 0 bridgehead atoms. The van der Waals surface area contributed by atoms with Crippen LogP contribution >= 0.6 is 11.6 Å². The fourth-order valence-electron chi connectivity index (χ4n) is 3.04. The maximum atomic E-state index is 13.2. The second-order valence-electron chi connectivity index (χ2n) is 6.39. The van der Waals surface area contributed by atoms with Gasteiger partial charge in [0.15, 0.2) is 0 Å². The second kappa shape index (κ2) is 7.29. The zero-order valence-corrected chi connectivity index (χ0v) is 16.2. The lowest BCUT2D eigenvalue weighted by Gasteiger charge is -2.19. The molecular weight excluding hydrogens is 417 g/mol. The lowest BCUT2D eigenvalue weighted by Crippen LogP contribution is -2.24. The number of carbonyl (C=O) groups excluding carboxylic acids is 1. The number of nitrogens with one attached hydrogen (secondary N) is 1. The Labute approximate surface area is 165 Å². The van der Waals surface area contributed by atoms with Crippen LogP contribution in [0, 0.1) is 6.92 Å². The molecule has 0 spiro atoms. The van der Waals surface area contributed by atoms with Crippen molar-refractivity contribution < 1.29 is 26.4 Å². The Balaban J connectivity index is 1.94. The summed E-state index contributed by atoms with van der Waals surface area (Å²) in [5, 5.41) is -0.161. The molecule has 3 rings (SSSR count). The fraction of sp³-hybridized carbons (Fsp3) is 0.278. The number of nitrogens with zero attached hydrogens (tertiary/aromatic N) is 1. The van der Waals surface area contributed by atoms with Crippen LogP contribution in [0.2, 0.25) is 5.02 Å². The molecular formula is C18H16ClF3N2O3S. The summed E-state index contributed by atoms with van der Waals surface area (Å²) < 4.78 is 66.8. The molecule has 1 N–H and O–H groups in total. The molecule has 1 fully saturated rings. The van der Waals surface area contributed by atoms with Crippen LogP contribution in [-0.2, 0) is 21.0 Å². The Morgan fingerprint density at radius 1 is 1.14 bits per heavy atom. The Morgan fingerprint density at radius 2 is 1.86 bits per heavy atom. The van der Waals surface area contributed by atoms with Gasteiger partial charge in [0.1, 0.15) is 0 Å². The monoisotopic (exact) mass is 432 g/mol. The van der Waals surface area contributed by atoms with Crippen molar-refractivity contribution in [2.24, 2.45) is 0 Å². The first-order valence-corrected chi connectivity index (χ1v) is 10.2. The average molecular weight is 433 g/mol. The van der Waals surface area contributed by atoms with Crippen LogP contribution < -0.4 is 9.62 Å². The number of carbonyl (C=O) groups is 1. The summed E-state index contributed by atoms with van der Waals surface area (Å²) in [5.41, 5.74) is -0.679. The maximum Gasteiger partial charge on any atom is 0.418 e. The van der Waals surface area contributed by atoms with Gasteiger partial charge in [0.25, 0.3) is 10.0 Å². The van der Waals surface area contributed by atoms with E-state index in [1.54, 1.807) is 11.8 Å². The quantitative estimate of drug-likeness (QED) is 0.768. The molecule has 10 heteroatoms. The van der Waals surface area contributed by atoms with Crippen LogP contribution in [0.1, 0.15) is 24.0 Å². The summed E-state index contributed by atoms with van der Waals surface area (Å²) in [6.45, 7) is 2.19. The van der Waals surface area contributed by atoms with Crippen molar-refractivity contribution in [2.45, 2.75) is 30.8 Å². The number of sulfonamides is 1. The van der Waals surface area contributed by atoms with E-state index >= 15 is 0 Å². The Kier molecular flexibility index (Phi) is 5.33. The SMILES string of the molecule is Cc1cc(S(=O)(=O)Nc2ccc(Cl)cc2C(F)(F)F)ccc1N1CCCC1=O. The third-order valence-electron chi connectivity index (χ3n) is 4.37. The molecule has 0 saturated carbocycles. The van der Waals surface area contributed by atoms with Gasteiger partial charge in [-0.05, 0) is 55.3 Å². The van der Waals surface area contributed by atoms with Crippen molar-refractivity contribution in [1.82, 2.24) is 0 Å². The van der Waals surface area contributed by atoms with Crippen molar-refractivity contribution in [2.75, 3.05) is 16.2 Å². The summed E-state index contributed by atoms with van der Waals surface area (Å²) >= 11 is 5.61. The van der Waals surface area contributed by atoms with Gasteiger partial charge in [-0.15, -0.1) is 0 Å². The standard InChI is InChI=1S/C18H16ClF3N2O3S/c1-11-9-13(5-7-16(11)24-8-2-3-17(24)25)28(26,27)23-15-6-4-12(19)10-14(15)18(20,21)22/h4-7,9-10,23H,2-3,8H2,1H3. The molecule has 1 saturated heterocycles. The number of alkyl halides is 3. The molecule has 0 aliphatic carbocycles. The largest absolute Gasteiger partial charge is 0.418 e. The number of aryl methyl sites for hydroxylation is 1. The number of rotatable bonds is 4. The zero-order chi connectivity index (χ0) is 20.7. The van der Waals surface area contributed by atoms with E-state index < -0.39 is 27.5 Å². The highest BCUT2D eigenvalue weighted by atomic mass is 35.5. The molecule has 2 aromatic rings. The van der Waals surface area contributed by atoms with Crippen LogP contribution in [0.25, 0.3) is 0 Å². The van der Waals surface area contributed by atoms with E-state index in [4.69, 9.17) is 11.6 Å². The first-order valence-electron chi connectivity index (χ1n) is 8.29. The van der Waals surface area contributed by atoms with Crippen molar-refractivity contribution >= 4 is 38.9 Å². The predicted octanol–water partition coefficient (Wildman–Crippen LogP) is 4.59. The van der Waals surface area contributed by atoms with Crippen LogP contribution in [0.15, 0.2) is 41.3 Å². The minimum atomic E-state index is -4.78. The average Bonchev–Trinajstić information content (AvgIpc) is 3.01. The minimum absolute atomic E-state index is 0.0483. The van der Waals surface area contributed by atoms with E-state index in [2.05, 4.69) is 0 Å². The molecule has 0 aromatic heterocycles. The Hall–Kier alpha value is -2.26. The normalized spacial score (nSPS) is 15.2. The smallest absolute Gasteiger partial charge is 0.312 e. The maximum absolute atomic E-state index is 13.2. The fourth-order valence-corrected chi connectivity index (χ4v) is 4.38. The van der Waals surface area contributed by atoms with Gasteiger partial charge in [-0.3, -0.25) is 9.52 Å². The molecule has 5 nitrogen and oxygen atoms in total. The van der Waals surface area contributed by atoms with Gasteiger partial charge in [0.05, 0.1) is 16.1 Å². The lowest BCUT2D eigenvalue weighted by atomic mass is 10.2. The number of hydrogen-bond acceptors (Lipinski definition) is 3. The highest BCUT2D eigenvalue weighted by molar-refractivity contribution is 7.92. The molecule has 1 heterocycles. The van der Waals surface area contributed by atoms with Crippen LogP contribution in [-0.4, -0.2) is 20.9 Å². The summed E-state index contributed by atoms with van der Waals surface area (Å²) in [6.07, 6.45) is -3.63. The Morgan fingerprint density at radius 3 is 2.43 bits per heavy atom. The van der Waals surface area contributed by atoms with Crippen molar-refractivity contribution in [3.05, 3.63) is 52.5 Å². The second-order valence-corrected chi connectivity index (χ2v) is 8.51. The highest BCUT2D eigenvalue weighted by Crippen LogP contribution is 2.37. The van der Waals surface area contributed by atoms with E-state index in [0.717, 1.165) is 12.5 Å². The number of benzene rings is 2. The number of hydrogen-bond donors (Lipinski definition) is 1. The van der Waals surface area contributed by atoms with E-state index in [-0.39, 0.29) is 15.8 Å². The van der Waals surface area contributed by atoms with E-state index in [1.807, 2.05) is 4.72 Å². The lowest BCUT2D eigenvalue weighted by molar-refractivity contribution is -0.136. The first kappa shape index (κ1) is 20.5. The molecule has 0 radical (unpaired) electrons. The summed E-state index contributed by atoms with van der Waals surface area (Å²) in [5.74, 6) is -0.0483. The van der Waals surface area contributed by atoms with Gasteiger partial charge >= 0.3 is 6.18 Å². The topological polar surface area (TPSA) is 66.5 Å². The van der Waals surface area contributed by atoms with Crippen LogP contribution in [0.3, 0.4) is 0 Å². The molecule has 1 aliphatic heterocycles. The third-order valence-corrected chi connectivity index (χ3v) is 5.97. The Bertz CT molecular complexity index is 1040. The zero-order valence-electron chi connectivity index (χ0n) is 14.7. The van der Waals surface area contributed by atoms with Gasteiger partial charge in [0, 0.05) is 23.7 Å². The summed E-state index contributed by atoms with van der Waals surface area (Å²) in [4.78, 5) is 13.3.